The summed E-state index contributed by atoms with van der Waals surface area (Å²) in [5.74, 6) is 0. The van der Waals surface area contributed by atoms with Gasteiger partial charge < -0.3 is 5.73 Å². The molecule has 0 spiro atoms. The van der Waals surface area contributed by atoms with E-state index in [1.807, 2.05) is 6.07 Å². The lowest BCUT2D eigenvalue weighted by molar-refractivity contribution is 0.957. The molecule has 0 bridgehead atoms. The molecule has 0 atom stereocenters. The van der Waals surface area contributed by atoms with Crippen LogP contribution in [-0.2, 0) is 6.42 Å². The second-order valence-electron chi connectivity index (χ2n) is 2.49. The molecule has 62 valence electrons. The van der Waals surface area contributed by atoms with Crippen molar-refractivity contribution in [2.24, 2.45) is 5.73 Å². The lowest BCUT2D eigenvalue weighted by atomic mass is 10.4. The minimum Gasteiger partial charge on any atom is -0.330 e. The maximum absolute atomic E-state index is 5.43. The van der Waals surface area contributed by atoms with Crippen molar-refractivity contribution in [2.45, 2.75) is 6.42 Å². The maximum Gasteiger partial charge on any atom is 0.0998 e. The van der Waals surface area contributed by atoms with Crippen LogP contribution in [0.5, 0.6) is 0 Å². The van der Waals surface area contributed by atoms with Crippen LogP contribution >= 0.6 is 11.3 Å². The summed E-state index contributed by atoms with van der Waals surface area (Å²) in [6, 6.07) is 1.98. The van der Waals surface area contributed by atoms with Crippen molar-refractivity contribution >= 4 is 21.6 Å². The Morgan fingerprint density at radius 1 is 1.50 bits per heavy atom. The minimum atomic E-state index is 0.660. The Balaban J connectivity index is 2.47. The van der Waals surface area contributed by atoms with Crippen molar-refractivity contribution in [3.8, 4) is 0 Å². The summed E-state index contributed by atoms with van der Waals surface area (Å²) < 4.78 is 1.19. The molecule has 0 aliphatic rings. The van der Waals surface area contributed by atoms with Gasteiger partial charge in [0, 0.05) is 12.6 Å². The van der Waals surface area contributed by atoms with Crippen LogP contribution in [0.4, 0.5) is 0 Å². The number of hydrogen-bond donors (Lipinski definition) is 1. The lowest BCUT2D eigenvalue weighted by Crippen LogP contribution is -2.01. The average Bonchev–Trinajstić information content (AvgIpc) is 2.47. The van der Waals surface area contributed by atoms with Crippen molar-refractivity contribution in [2.75, 3.05) is 6.54 Å². The molecule has 0 unspecified atom stereocenters. The van der Waals surface area contributed by atoms with Gasteiger partial charge in [-0.05, 0) is 12.6 Å². The molecule has 4 heteroatoms. The van der Waals surface area contributed by atoms with E-state index in [-0.39, 0.29) is 0 Å². The van der Waals surface area contributed by atoms with Crippen molar-refractivity contribution in [1.82, 2.24) is 9.97 Å². The third-order valence-electron chi connectivity index (χ3n) is 1.59. The van der Waals surface area contributed by atoms with Gasteiger partial charge in [0.15, 0.2) is 0 Å². The average molecular weight is 179 g/mol. The van der Waals surface area contributed by atoms with Crippen LogP contribution in [0.15, 0.2) is 18.5 Å². The monoisotopic (exact) mass is 179 g/mol. The number of thiazole rings is 1. The first-order valence-electron chi connectivity index (χ1n) is 3.79. The summed E-state index contributed by atoms with van der Waals surface area (Å²) in [5, 5.41) is 1.10. The third-order valence-corrected chi connectivity index (χ3v) is 2.69. The number of nitrogens with zero attached hydrogens (tertiary/aromatic N) is 2. The second kappa shape index (κ2) is 3.16. The first-order valence-corrected chi connectivity index (χ1v) is 4.61. The predicted octanol–water partition coefficient (Wildman–Crippen LogP) is 1.19. The molecule has 0 aliphatic heterocycles. The summed E-state index contributed by atoms with van der Waals surface area (Å²) in [6.45, 7) is 0.660. The first kappa shape index (κ1) is 7.64. The van der Waals surface area contributed by atoms with E-state index < -0.39 is 0 Å². The Kier molecular flexibility index (Phi) is 2.01. The SMILES string of the molecule is NCCc1nc2cnccc2s1. The number of rotatable bonds is 2. The molecule has 2 N–H and O–H groups in total. The van der Waals surface area contributed by atoms with Crippen molar-refractivity contribution in [3.63, 3.8) is 0 Å². The van der Waals surface area contributed by atoms with Crippen LogP contribution in [0.25, 0.3) is 10.2 Å². The zero-order valence-electron chi connectivity index (χ0n) is 6.53. The molecular formula is C8H9N3S. The molecule has 2 rings (SSSR count). The lowest BCUT2D eigenvalue weighted by Gasteiger charge is -1.85. The minimum absolute atomic E-state index is 0.660. The van der Waals surface area contributed by atoms with Crippen LogP contribution in [-0.4, -0.2) is 16.5 Å². The Morgan fingerprint density at radius 2 is 2.42 bits per heavy atom. The molecule has 0 amide bonds. The van der Waals surface area contributed by atoms with E-state index in [0.29, 0.717) is 6.54 Å². The fourth-order valence-corrected chi connectivity index (χ4v) is 2.01. The highest BCUT2D eigenvalue weighted by Gasteiger charge is 2.01. The van der Waals surface area contributed by atoms with Crippen molar-refractivity contribution in [1.29, 1.82) is 0 Å². The summed E-state index contributed by atoms with van der Waals surface area (Å²) in [5.41, 5.74) is 6.41. The molecule has 0 radical (unpaired) electrons. The van der Waals surface area contributed by atoms with E-state index in [0.717, 1.165) is 16.9 Å². The summed E-state index contributed by atoms with van der Waals surface area (Å²) in [6.07, 6.45) is 4.43. The van der Waals surface area contributed by atoms with Gasteiger partial charge in [-0.2, -0.15) is 0 Å². The predicted molar refractivity (Wildman–Crippen MR) is 50.2 cm³/mol. The zero-order valence-corrected chi connectivity index (χ0v) is 7.34. The Morgan fingerprint density at radius 3 is 3.17 bits per heavy atom. The van der Waals surface area contributed by atoms with Gasteiger partial charge in [0.1, 0.15) is 0 Å². The van der Waals surface area contributed by atoms with E-state index >= 15 is 0 Å². The van der Waals surface area contributed by atoms with Gasteiger partial charge in [0.05, 0.1) is 21.4 Å². The highest BCUT2D eigenvalue weighted by Crippen LogP contribution is 2.20. The van der Waals surface area contributed by atoms with Crippen LogP contribution in [0.1, 0.15) is 5.01 Å². The van der Waals surface area contributed by atoms with Crippen molar-refractivity contribution in [3.05, 3.63) is 23.5 Å². The second-order valence-corrected chi connectivity index (χ2v) is 3.60. The topological polar surface area (TPSA) is 51.8 Å². The van der Waals surface area contributed by atoms with Crippen molar-refractivity contribution < 1.29 is 0 Å². The van der Waals surface area contributed by atoms with E-state index in [2.05, 4.69) is 9.97 Å². The summed E-state index contributed by atoms with van der Waals surface area (Å²) in [7, 11) is 0. The third kappa shape index (κ3) is 1.31. The molecule has 3 nitrogen and oxygen atoms in total. The normalized spacial score (nSPS) is 10.8. The molecule has 0 fully saturated rings. The fourth-order valence-electron chi connectivity index (χ4n) is 1.06. The number of hydrogen-bond acceptors (Lipinski definition) is 4. The number of pyridine rings is 1. The summed E-state index contributed by atoms with van der Waals surface area (Å²) in [4.78, 5) is 8.38. The Hall–Kier alpha value is -1.00. The van der Waals surface area contributed by atoms with Gasteiger partial charge in [-0.25, -0.2) is 4.98 Å². The molecule has 0 aromatic carbocycles. The molecular weight excluding hydrogens is 170 g/mol. The fraction of sp³-hybridized carbons (Fsp3) is 0.250. The Labute approximate surface area is 74.3 Å². The van der Waals surface area contributed by atoms with E-state index in [1.54, 1.807) is 23.7 Å². The molecule has 0 saturated carbocycles. The quantitative estimate of drug-likeness (QED) is 0.753. The molecule has 0 aliphatic carbocycles. The van der Waals surface area contributed by atoms with E-state index in [1.165, 1.54) is 4.70 Å². The highest BCUT2D eigenvalue weighted by atomic mass is 32.1. The van der Waals surface area contributed by atoms with E-state index in [4.69, 9.17) is 5.73 Å². The largest absolute Gasteiger partial charge is 0.330 e. The van der Waals surface area contributed by atoms with Crippen LogP contribution in [0.3, 0.4) is 0 Å². The van der Waals surface area contributed by atoms with Gasteiger partial charge in [0.2, 0.25) is 0 Å². The highest BCUT2D eigenvalue weighted by molar-refractivity contribution is 7.18. The van der Waals surface area contributed by atoms with Crippen LogP contribution in [0.2, 0.25) is 0 Å². The van der Waals surface area contributed by atoms with Gasteiger partial charge in [-0.3, -0.25) is 4.98 Å². The first-order chi connectivity index (χ1) is 5.90. The maximum atomic E-state index is 5.43. The van der Waals surface area contributed by atoms with Gasteiger partial charge >= 0.3 is 0 Å². The number of aromatic nitrogens is 2. The molecule has 12 heavy (non-hydrogen) atoms. The zero-order chi connectivity index (χ0) is 8.39. The molecule has 2 aromatic rings. The van der Waals surface area contributed by atoms with Gasteiger partial charge in [0.25, 0.3) is 0 Å². The number of nitrogens with two attached hydrogens (primary N) is 1. The van der Waals surface area contributed by atoms with Gasteiger partial charge in [-0.15, -0.1) is 11.3 Å². The molecule has 0 saturated heterocycles. The smallest absolute Gasteiger partial charge is 0.0998 e. The molecule has 2 aromatic heterocycles. The summed E-state index contributed by atoms with van der Waals surface area (Å²) >= 11 is 1.69. The standard InChI is InChI=1S/C8H9N3S/c9-3-1-8-11-6-5-10-4-2-7(6)12-8/h2,4-5H,1,3,9H2. The van der Waals surface area contributed by atoms with E-state index in [9.17, 15) is 0 Å². The Bertz CT molecular complexity index is 349. The van der Waals surface area contributed by atoms with Gasteiger partial charge in [-0.1, -0.05) is 0 Å². The van der Waals surface area contributed by atoms with Crippen LogP contribution in [0, 0.1) is 0 Å². The molecule has 2 heterocycles. The van der Waals surface area contributed by atoms with Crippen LogP contribution < -0.4 is 5.73 Å². The number of fused-ring (bicyclic) bond motifs is 1.